The molecule has 0 aliphatic rings. The van der Waals surface area contributed by atoms with Gasteiger partial charge in [-0.25, -0.2) is 0 Å². The number of aromatic amines is 1. The smallest absolute Gasteiger partial charge is 0.191 e. The molecule has 3 heterocycles. The van der Waals surface area contributed by atoms with Gasteiger partial charge in [0.1, 0.15) is 0 Å². The highest BCUT2D eigenvalue weighted by atomic mass is 32.2. The number of benzene rings is 1. The number of thioether (sulfide) groups is 1. The van der Waals surface area contributed by atoms with Crippen LogP contribution in [0, 0.1) is 0 Å². The van der Waals surface area contributed by atoms with Gasteiger partial charge < -0.3 is 9.55 Å². The number of nitrogens with one attached hydrogen (secondary N) is 1. The van der Waals surface area contributed by atoms with Gasteiger partial charge in [-0.1, -0.05) is 30.0 Å². The SMILES string of the molecule is CCn1c(SCCc2c[nH]c3ccccc23)nnc1-c1ccncc1. The van der Waals surface area contributed by atoms with Crippen molar-refractivity contribution in [2.24, 2.45) is 0 Å². The Balaban J connectivity index is 1.49. The van der Waals surface area contributed by atoms with Crippen LogP contribution < -0.4 is 0 Å². The lowest BCUT2D eigenvalue weighted by molar-refractivity contribution is 0.687. The lowest BCUT2D eigenvalue weighted by Gasteiger charge is -2.07. The Kier molecular flexibility index (Phi) is 4.52. The molecule has 0 radical (unpaired) electrons. The Morgan fingerprint density at radius 2 is 1.92 bits per heavy atom. The van der Waals surface area contributed by atoms with Gasteiger partial charge in [0.25, 0.3) is 0 Å². The minimum absolute atomic E-state index is 0.847. The average molecular weight is 349 g/mol. The zero-order valence-electron chi connectivity index (χ0n) is 14.0. The van der Waals surface area contributed by atoms with Gasteiger partial charge in [-0.2, -0.15) is 0 Å². The summed E-state index contributed by atoms with van der Waals surface area (Å²) in [7, 11) is 0. The standard InChI is InChI=1S/C19H19N5S/c1-2-24-18(14-7-10-20-11-8-14)22-23-19(24)25-12-9-15-13-21-17-6-4-3-5-16(15)17/h3-8,10-11,13,21H,2,9,12H2,1H3. The molecule has 0 fully saturated rings. The van der Waals surface area contributed by atoms with E-state index < -0.39 is 0 Å². The van der Waals surface area contributed by atoms with Crippen LogP contribution >= 0.6 is 11.8 Å². The number of para-hydroxylation sites is 1. The second-order valence-electron chi connectivity index (χ2n) is 5.74. The van der Waals surface area contributed by atoms with Crippen LogP contribution in [-0.2, 0) is 13.0 Å². The van der Waals surface area contributed by atoms with Crippen molar-refractivity contribution in [3.8, 4) is 11.4 Å². The number of hydrogen-bond donors (Lipinski definition) is 1. The van der Waals surface area contributed by atoms with Crippen molar-refractivity contribution < 1.29 is 0 Å². The Labute approximate surface area is 150 Å². The fourth-order valence-electron chi connectivity index (χ4n) is 2.99. The molecule has 25 heavy (non-hydrogen) atoms. The van der Waals surface area contributed by atoms with Gasteiger partial charge in [-0.3, -0.25) is 4.98 Å². The zero-order chi connectivity index (χ0) is 17.1. The molecule has 0 saturated carbocycles. The molecule has 3 aromatic heterocycles. The van der Waals surface area contributed by atoms with Crippen LogP contribution in [0.25, 0.3) is 22.3 Å². The maximum absolute atomic E-state index is 4.39. The van der Waals surface area contributed by atoms with Gasteiger partial charge in [0.05, 0.1) is 0 Å². The topological polar surface area (TPSA) is 59.4 Å². The highest BCUT2D eigenvalue weighted by Gasteiger charge is 2.13. The van der Waals surface area contributed by atoms with Crippen molar-refractivity contribution in [3.63, 3.8) is 0 Å². The van der Waals surface area contributed by atoms with Crippen LogP contribution in [0.2, 0.25) is 0 Å². The second-order valence-corrected chi connectivity index (χ2v) is 6.81. The molecule has 6 heteroatoms. The summed E-state index contributed by atoms with van der Waals surface area (Å²) in [6, 6.07) is 12.4. The third-order valence-electron chi connectivity index (χ3n) is 4.25. The fraction of sp³-hybridized carbons (Fsp3) is 0.211. The molecule has 4 aromatic rings. The summed E-state index contributed by atoms with van der Waals surface area (Å²) in [5.41, 5.74) is 3.59. The van der Waals surface area contributed by atoms with E-state index in [-0.39, 0.29) is 0 Å². The van der Waals surface area contributed by atoms with E-state index in [4.69, 9.17) is 0 Å². The van der Waals surface area contributed by atoms with Crippen molar-refractivity contribution >= 4 is 22.7 Å². The molecular weight excluding hydrogens is 330 g/mol. The molecular formula is C19H19N5S. The number of hydrogen-bond acceptors (Lipinski definition) is 4. The van der Waals surface area contributed by atoms with Crippen LogP contribution in [-0.4, -0.2) is 30.5 Å². The third-order valence-corrected chi connectivity index (χ3v) is 5.22. The first kappa shape index (κ1) is 15.9. The number of nitrogens with zero attached hydrogens (tertiary/aromatic N) is 4. The monoisotopic (exact) mass is 349 g/mol. The first-order chi connectivity index (χ1) is 12.4. The molecule has 1 N–H and O–H groups in total. The summed E-state index contributed by atoms with van der Waals surface area (Å²) in [5, 5.41) is 11.0. The summed E-state index contributed by atoms with van der Waals surface area (Å²) >= 11 is 1.75. The van der Waals surface area contributed by atoms with Crippen molar-refractivity contribution in [3.05, 3.63) is 60.6 Å². The van der Waals surface area contributed by atoms with E-state index >= 15 is 0 Å². The number of fused-ring (bicyclic) bond motifs is 1. The highest BCUT2D eigenvalue weighted by Crippen LogP contribution is 2.25. The van der Waals surface area contributed by atoms with Crippen molar-refractivity contribution in [1.82, 2.24) is 24.7 Å². The molecule has 0 bridgehead atoms. The molecule has 0 aliphatic heterocycles. The highest BCUT2D eigenvalue weighted by molar-refractivity contribution is 7.99. The predicted molar refractivity (Wildman–Crippen MR) is 102 cm³/mol. The lowest BCUT2D eigenvalue weighted by atomic mass is 10.1. The molecule has 0 spiro atoms. The molecule has 4 rings (SSSR count). The van der Waals surface area contributed by atoms with E-state index in [1.54, 1.807) is 24.2 Å². The van der Waals surface area contributed by atoms with Crippen molar-refractivity contribution in [1.29, 1.82) is 0 Å². The van der Waals surface area contributed by atoms with Crippen LogP contribution in [0.5, 0.6) is 0 Å². The number of aryl methyl sites for hydroxylation is 1. The number of aromatic nitrogens is 5. The van der Waals surface area contributed by atoms with Gasteiger partial charge in [-0.05, 0) is 37.1 Å². The summed E-state index contributed by atoms with van der Waals surface area (Å²) < 4.78 is 2.16. The van der Waals surface area contributed by atoms with E-state index in [1.807, 2.05) is 12.1 Å². The Morgan fingerprint density at radius 3 is 2.76 bits per heavy atom. The Morgan fingerprint density at radius 1 is 1.08 bits per heavy atom. The maximum atomic E-state index is 4.39. The first-order valence-electron chi connectivity index (χ1n) is 8.38. The molecule has 0 atom stereocenters. The Hall–Kier alpha value is -2.60. The zero-order valence-corrected chi connectivity index (χ0v) is 14.8. The molecule has 0 unspecified atom stereocenters. The van der Waals surface area contributed by atoms with Crippen LogP contribution in [0.15, 0.2) is 60.1 Å². The molecule has 126 valence electrons. The Bertz CT molecular complexity index is 974. The van der Waals surface area contributed by atoms with Crippen molar-refractivity contribution in [2.45, 2.75) is 25.0 Å². The number of rotatable bonds is 6. The maximum Gasteiger partial charge on any atom is 0.191 e. The van der Waals surface area contributed by atoms with E-state index in [1.165, 1.54) is 16.5 Å². The quantitative estimate of drug-likeness (QED) is 0.531. The third kappa shape index (κ3) is 3.17. The van der Waals surface area contributed by atoms with Gasteiger partial charge >= 0.3 is 0 Å². The van der Waals surface area contributed by atoms with E-state index in [9.17, 15) is 0 Å². The van der Waals surface area contributed by atoms with E-state index in [0.29, 0.717) is 0 Å². The molecule has 5 nitrogen and oxygen atoms in total. The van der Waals surface area contributed by atoms with E-state index in [0.717, 1.165) is 35.3 Å². The fourth-order valence-corrected chi connectivity index (χ4v) is 3.96. The minimum atomic E-state index is 0.847. The van der Waals surface area contributed by atoms with Crippen LogP contribution in [0.3, 0.4) is 0 Å². The van der Waals surface area contributed by atoms with Crippen molar-refractivity contribution in [2.75, 3.05) is 5.75 Å². The van der Waals surface area contributed by atoms with Gasteiger partial charge in [0.15, 0.2) is 11.0 Å². The van der Waals surface area contributed by atoms with Gasteiger partial charge in [0, 0.05) is 47.4 Å². The normalized spacial score (nSPS) is 11.2. The number of pyridine rings is 1. The summed E-state index contributed by atoms with van der Waals surface area (Å²) in [6.07, 6.45) is 6.68. The average Bonchev–Trinajstić information content (AvgIpc) is 3.27. The molecule has 0 aliphatic carbocycles. The lowest BCUT2D eigenvalue weighted by Crippen LogP contribution is -2.00. The number of H-pyrrole nitrogens is 1. The van der Waals surface area contributed by atoms with Gasteiger partial charge in [0.2, 0.25) is 0 Å². The van der Waals surface area contributed by atoms with Crippen LogP contribution in [0.1, 0.15) is 12.5 Å². The summed E-state index contributed by atoms with van der Waals surface area (Å²) in [5.74, 6) is 1.87. The summed E-state index contributed by atoms with van der Waals surface area (Å²) in [6.45, 7) is 2.97. The molecule has 0 amide bonds. The second kappa shape index (κ2) is 7.11. The molecule has 1 aromatic carbocycles. The minimum Gasteiger partial charge on any atom is -0.361 e. The van der Waals surface area contributed by atoms with Crippen LogP contribution in [0.4, 0.5) is 0 Å². The van der Waals surface area contributed by atoms with Gasteiger partial charge in [-0.15, -0.1) is 10.2 Å². The van der Waals surface area contributed by atoms with E-state index in [2.05, 4.69) is 62.1 Å². The largest absolute Gasteiger partial charge is 0.361 e. The predicted octanol–water partition coefficient (Wildman–Crippen LogP) is 4.18. The molecule has 0 saturated heterocycles. The first-order valence-corrected chi connectivity index (χ1v) is 9.36. The summed E-state index contributed by atoms with van der Waals surface area (Å²) in [4.78, 5) is 7.41.